The maximum absolute atomic E-state index is 13.1. The number of thiazole rings is 1. The summed E-state index contributed by atoms with van der Waals surface area (Å²) in [6.45, 7) is 13.1. The van der Waals surface area contributed by atoms with Gasteiger partial charge in [0, 0.05) is 22.8 Å². The molecule has 1 aliphatic carbocycles. The zero-order valence-electron chi connectivity index (χ0n) is 22.8. The Labute approximate surface area is 222 Å². The smallest absolute Gasteiger partial charge is 0.170 e. The summed E-state index contributed by atoms with van der Waals surface area (Å²) >= 11 is 1.36. The van der Waals surface area contributed by atoms with Crippen LogP contribution in [0.25, 0.3) is 10.2 Å². The van der Waals surface area contributed by atoms with E-state index in [4.69, 9.17) is 9.47 Å². The summed E-state index contributed by atoms with van der Waals surface area (Å²) < 4.78 is 13.9. The highest BCUT2D eigenvalue weighted by Crippen LogP contribution is 2.64. The number of ether oxygens (including phenoxy) is 2. The minimum atomic E-state index is -0.940. The number of aromatic nitrogens is 1. The lowest BCUT2D eigenvalue weighted by Gasteiger charge is -2.61. The minimum Gasteiger partial charge on any atom is -0.504 e. The number of hydrogen-bond donors (Lipinski definition) is 3. The van der Waals surface area contributed by atoms with Crippen LogP contribution in [0.1, 0.15) is 97.3 Å². The number of benzene rings is 1. The molecule has 2 fully saturated rings. The van der Waals surface area contributed by atoms with Gasteiger partial charge in [-0.05, 0) is 65.9 Å². The topological polar surface area (TPSA) is 109 Å². The van der Waals surface area contributed by atoms with Crippen LogP contribution in [0, 0.1) is 11.3 Å². The molecule has 1 aromatic carbocycles. The summed E-state index contributed by atoms with van der Waals surface area (Å²) in [5.74, 6) is -0.792. The SMILES string of the molecule is C/C=C(\C)C(=O)[C@@H](C)c1c(O)c2c(c3ncsc13)[C@@H](O)[C@@H]1[C@@]3(C)CC[C@H](C(C)(C)O)O[C@@H]3CC[C@@]1(C)O2. The molecule has 0 bridgehead atoms. The molecule has 2 aliphatic heterocycles. The third-order valence-corrected chi connectivity index (χ3v) is 10.3. The minimum absolute atomic E-state index is 0.0679. The van der Waals surface area contributed by atoms with Gasteiger partial charge in [0.25, 0.3) is 0 Å². The number of allylic oxidation sites excluding steroid dienone is 2. The maximum atomic E-state index is 13.1. The zero-order valence-corrected chi connectivity index (χ0v) is 23.6. The number of aliphatic hydroxyl groups excluding tert-OH is 1. The standard InChI is InChI=1S/C29H39NO6S/c1-8-14(2)21(31)15(3)18-22(32)24-19(20-25(18)37-13-30-20)23(33)26-28(6)11-9-16(27(4,5)34)35-17(28)10-12-29(26,7)36-24/h8,13,15-17,23,26,32-34H,9-12H2,1-7H3/b14-8+/t15-,16+,17+,23+,26+,28-,29+/m0/s1. The molecule has 37 heavy (non-hydrogen) atoms. The predicted molar refractivity (Wildman–Crippen MR) is 143 cm³/mol. The van der Waals surface area contributed by atoms with E-state index in [0.29, 0.717) is 39.8 Å². The second-order valence-electron chi connectivity index (χ2n) is 12.3. The fourth-order valence-corrected chi connectivity index (χ4v) is 8.20. The van der Waals surface area contributed by atoms with Crippen LogP contribution in [0.4, 0.5) is 0 Å². The molecular formula is C29H39NO6S. The molecule has 1 aromatic heterocycles. The second-order valence-corrected chi connectivity index (χ2v) is 13.1. The van der Waals surface area contributed by atoms with E-state index in [-0.39, 0.29) is 35.4 Å². The molecule has 0 amide bonds. The van der Waals surface area contributed by atoms with Crippen LogP contribution in [0.3, 0.4) is 0 Å². The molecule has 7 nitrogen and oxygen atoms in total. The number of nitrogens with zero attached hydrogens (tertiary/aromatic N) is 1. The Morgan fingerprint density at radius 3 is 2.65 bits per heavy atom. The number of rotatable bonds is 4. The van der Waals surface area contributed by atoms with E-state index >= 15 is 0 Å². The number of carbonyl (C=O) groups excluding carboxylic acids is 1. The van der Waals surface area contributed by atoms with Gasteiger partial charge in [-0.3, -0.25) is 4.79 Å². The number of Topliss-reactive ketones (excluding diaryl/α,β-unsaturated/α-hetero) is 1. The van der Waals surface area contributed by atoms with Gasteiger partial charge in [0.15, 0.2) is 17.3 Å². The predicted octanol–water partition coefficient (Wildman–Crippen LogP) is 5.56. The summed E-state index contributed by atoms with van der Waals surface area (Å²) in [7, 11) is 0. The molecule has 7 atom stereocenters. The summed E-state index contributed by atoms with van der Waals surface area (Å²) in [5.41, 5.74) is 1.82. The zero-order chi connectivity index (χ0) is 27.1. The summed E-state index contributed by atoms with van der Waals surface area (Å²) in [6.07, 6.45) is 3.26. The van der Waals surface area contributed by atoms with E-state index in [1.54, 1.807) is 39.3 Å². The first-order chi connectivity index (χ1) is 17.2. The first kappa shape index (κ1) is 26.6. The van der Waals surface area contributed by atoms with Gasteiger partial charge in [0.2, 0.25) is 0 Å². The van der Waals surface area contributed by atoms with E-state index in [1.165, 1.54) is 11.3 Å². The van der Waals surface area contributed by atoms with Crippen molar-refractivity contribution in [3.8, 4) is 11.5 Å². The monoisotopic (exact) mass is 529 g/mol. The van der Waals surface area contributed by atoms with Crippen molar-refractivity contribution in [2.45, 2.75) is 110 Å². The van der Waals surface area contributed by atoms with Gasteiger partial charge in [0.1, 0.15) is 5.60 Å². The van der Waals surface area contributed by atoms with Gasteiger partial charge in [-0.15, -0.1) is 11.3 Å². The summed E-state index contributed by atoms with van der Waals surface area (Å²) in [6, 6.07) is 0. The van der Waals surface area contributed by atoms with Gasteiger partial charge < -0.3 is 24.8 Å². The molecule has 202 valence electrons. The molecule has 0 unspecified atom stereocenters. The van der Waals surface area contributed by atoms with Crippen molar-refractivity contribution in [2.75, 3.05) is 0 Å². The summed E-state index contributed by atoms with van der Waals surface area (Å²) in [5, 5.41) is 34.2. The average Bonchev–Trinajstić information content (AvgIpc) is 3.30. The number of ketones is 1. The lowest BCUT2D eigenvalue weighted by molar-refractivity contribution is -0.256. The molecule has 1 saturated heterocycles. The molecule has 3 aliphatic rings. The van der Waals surface area contributed by atoms with Crippen LogP contribution < -0.4 is 4.74 Å². The Balaban J connectivity index is 1.63. The normalized spacial score (nSPS) is 34.8. The molecule has 0 radical (unpaired) electrons. The fraction of sp³-hybridized carbons (Fsp3) is 0.655. The third-order valence-electron chi connectivity index (χ3n) is 9.45. The molecule has 8 heteroatoms. The Morgan fingerprint density at radius 2 is 2.00 bits per heavy atom. The molecule has 3 heterocycles. The van der Waals surface area contributed by atoms with Crippen LogP contribution in [-0.2, 0) is 9.53 Å². The lowest BCUT2D eigenvalue weighted by Crippen LogP contribution is -2.64. The number of phenolic OH excluding ortho intramolecular Hbond substituents is 1. The molecule has 2 aromatic rings. The van der Waals surface area contributed by atoms with E-state index < -0.39 is 28.6 Å². The molecule has 1 saturated carbocycles. The third kappa shape index (κ3) is 3.86. The van der Waals surface area contributed by atoms with Crippen molar-refractivity contribution >= 4 is 27.3 Å². The van der Waals surface area contributed by atoms with Crippen LogP contribution >= 0.6 is 11.3 Å². The van der Waals surface area contributed by atoms with Crippen LogP contribution in [0.2, 0.25) is 0 Å². The van der Waals surface area contributed by atoms with Crippen molar-refractivity contribution in [1.29, 1.82) is 0 Å². The van der Waals surface area contributed by atoms with Gasteiger partial charge >= 0.3 is 0 Å². The average molecular weight is 530 g/mol. The highest BCUT2D eigenvalue weighted by molar-refractivity contribution is 7.17. The number of aliphatic hydroxyl groups is 2. The molecular weight excluding hydrogens is 490 g/mol. The molecule has 5 rings (SSSR count). The van der Waals surface area contributed by atoms with Crippen LogP contribution in [0.5, 0.6) is 11.5 Å². The van der Waals surface area contributed by atoms with Crippen molar-refractivity contribution in [2.24, 2.45) is 11.3 Å². The second kappa shape index (κ2) is 8.76. The largest absolute Gasteiger partial charge is 0.504 e. The first-order valence-corrected chi connectivity index (χ1v) is 14.2. The van der Waals surface area contributed by atoms with E-state index in [2.05, 4.69) is 11.9 Å². The fourth-order valence-electron chi connectivity index (χ4n) is 7.27. The van der Waals surface area contributed by atoms with Gasteiger partial charge in [0.05, 0.1) is 45.2 Å². The van der Waals surface area contributed by atoms with Crippen molar-refractivity contribution < 1.29 is 29.6 Å². The molecule has 0 spiro atoms. The number of aromatic hydroxyl groups is 1. The van der Waals surface area contributed by atoms with Crippen molar-refractivity contribution in [3.63, 3.8) is 0 Å². The van der Waals surface area contributed by atoms with Crippen LogP contribution in [0.15, 0.2) is 17.2 Å². The summed E-state index contributed by atoms with van der Waals surface area (Å²) in [4.78, 5) is 17.7. The Kier molecular flexibility index (Phi) is 6.30. The maximum Gasteiger partial charge on any atom is 0.170 e. The highest BCUT2D eigenvalue weighted by Gasteiger charge is 2.63. The lowest BCUT2D eigenvalue weighted by atomic mass is 9.53. The van der Waals surface area contributed by atoms with Crippen LogP contribution in [-0.4, -0.2) is 49.5 Å². The number of phenols is 1. The Bertz CT molecular complexity index is 1280. The van der Waals surface area contributed by atoms with Gasteiger partial charge in [-0.1, -0.05) is 19.9 Å². The Morgan fingerprint density at radius 1 is 1.30 bits per heavy atom. The Hall–Kier alpha value is -2.00. The first-order valence-electron chi connectivity index (χ1n) is 13.3. The number of hydrogen-bond acceptors (Lipinski definition) is 8. The van der Waals surface area contributed by atoms with E-state index in [0.717, 1.165) is 12.8 Å². The van der Waals surface area contributed by atoms with E-state index in [1.807, 2.05) is 13.8 Å². The van der Waals surface area contributed by atoms with Gasteiger partial charge in [-0.2, -0.15) is 0 Å². The van der Waals surface area contributed by atoms with Crippen molar-refractivity contribution in [1.82, 2.24) is 4.98 Å². The molecule has 3 N–H and O–H groups in total. The van der Waals surface area contributed by atoms with Gasteiger partial charge in [-0.25, -0.2) is 4.98 Å². The number of carbonyl (C=O) groups is 1. The van der Waals surface area contributed by atoms with E-state index in [9.17, 15) is 20.1 Å². The number of fused-ring (bicyclic) bond motifs is 6. The van der Waals surface area contributed by atoms with Crippen molar-refractivity contribution in [3.05, 3.63) is 28.3 Å². The quantitative estimate of drug-likeness (QED) is 0.445. The highest BCUT2D eigenvalue weighted by atomic mass is 32.1.